The maximum atomic E-state index is 10.7. The molecule has 1 N–H and O–H groups in total. The third-order valence-corrected chi connectivity index (χ3v) is 3.36. The second-order valence-corrected chi connectivity index (χ2v) is 5.26. The molecule has 5 heteroatoms. The first-order valence-electron chi connectivity index (χ1n) is 4.24. The van der Waals surface area contributed by atoms with E-state index >= 15 is 0 Å². The summed E-state index contributed by atoms with van der Waals surface area (Å²) in [6.07, 6.45) is 0.938. The summed E-state index contributed by atoms with van der Waals surface area (Å²) in [5, 5.41) is 3.01. The molecule has 1 aromatic heterocycles. The van der Waals surface area contributed by atoms with Crippen molar-refractivity contribution in [2.24, 2.45) is 0 Å². The molecule has 3 nitrogen and oxygen atoms in total. The Bertz CT molecular complexity index is 301. The van der Waals surface area contributed by atoms with Crippen molar-refractivity contribution in [2.45, 2.75) is 6.42 Å². The van der Waals surface area contributed by atoms with Crippen molar-refractivity contribution < 1.29 is 9.53 Å². The number of nitrogens with one attached hydrogen (secondary N) is 1. The maximum absolute atomic E-state index is 10.7. The van der Waals surface area contributed by atoms with Crippen molar-refractivity contribution in [3.63, 3.8) is 0 Å². The molecule has 0 radical (unpaired) electrons. The van der Waals surface area contributed by atoms with Gasteiger partial charge >= 0.3 is 5.97 Å². The highest BCUT2D eigenvalue weighted by Crippen LogP contribution is 2.21. The number of thiophene rings is 1. The van der Waals surface area contributed by atoms with E-state index in [4.69, 9.17) is 0 Å². The van der Waals surface area contributed by atoms with Gasteiger partial charge in [0.05, 0.1) is 17.4 Å². The highest BCUT2D eigenvalue weighted by atomic mass is 79.9. The van der Waals surface area contributed by atoms with Crippen LogP contribution in [0, 0.1) is 0 Å². The van der Waals surface area contributed by atoms with Crippen LogP contribution in [0.2, 0.25) is 0 Å². The summed E-state index contributed by atoms with van der Waals surface area (Å²) < 4.78 is 5.64. The zero-order valence-corrected chi connectivity index (χ0v) is 10.3. The van der Waals surface area contributed by atoms with E-state index in [1.165, 1.54) is 12.0 Å². The molecule has 0 aromatic carbocycles. The average molecular weight is 278 g/mol. The minimum Gasteiger partial charge on any atom is -0.468 e. The number of carbonyl (C=O) groups excluding carboxylic acids is 1. The lowest BCUT2D eigenvalue weighted by molar-refractivity contribution is -0.139. The van der Waals surface area contributed by atoms with Crippen molar-refractivity contribution in [3.05, 3.63) is 20.8 Å². The summed E-state index contributed by atoms with van der Waals surface area (Å²) in [6, 6.07) is 4.11. The molecule has 0 atom stereocenters. The predicted octanol–water partition coefficient (Wildman–Crippen LogP) is 1.82. The molecule has 0 aliphatic carbocycles. The molecule has 0 saturated carbocycles. The molecule has 1 heterocycles. The molecule has 0 unspecified atom stereocenters. The minimum atomic E-state index is -0.225. The third-order valence-electron chi connectivity index (χ3n) is 1.67. The zero-order valence-electron chi connectivity index (χ0n) is 7.88. The van der Waals surface area contributed by atoms with Gasteiger partial charge in [-0.15, -0.1) is 11.3 Å². The minimum absolute atomic E-state index is 0.225. The average Bonchev–Trinajstić information content (AvgIpc) is 2.58. The summed E-state index contributed by atoms with van der Waals surface area (Å²) in [6.45, 7) is 1.07. The number of hydrogen-bond donors (Lipinski definition) is 1. The first-order chi connectivity index (χ1) is 6.72. The number of halogens is 1. The molecular formula is C9H12BrNO2S. The lowest BCUT2D eigenvalue weighted by Gasteiger charge is -2.01. The van der Waals surface area contributed by atoms with Gasteiger partial charge in [0.1, 0.15) is 0 Å². The van der Waals surface area contributed by atoms with Gasteiger partial charge in [-0.2, -0.15) is 0 Å². The van der Waals surface area contributed by atoms with Gasteiger partial charge in [-0.05, 0) is 34.5 Å². The highest BCUT2D eigenvalue weighted by Gasteiger charge is 2.00. The van der Waals surface area contributed by atoms with Crippen LogP contribution in [0.25, 0.3) is 0 Å². The van der Waals surface area contributed by atoms with Crippen molar-refractivity contribution in [1.29, 1.82) is 0 Å². The fourth-order valence-electron chi connectivity index (χ4n) is 0.960. The molecule has 78 valence electrons. The summed E-state index contributed by atoms with van der Waals surface area (Å²) in [7, 11) is 1.39. The van der Waals surface area contributed by atoms with Gasteiger partial charge in [0, 0.05) is 11.4 Å². The van der Waals surface area contributed by atoms with Crippen molar-refractivity contribution in [2.75, 3.05) is 20.2 Å². The van der Waals surface area contributed by atoms with Gasteiger partial charge < -0.3 is 10.1 Å². The number of esters is 1. The van der Waals surface area contributed by atoms with Crippen molar-refractivity contribution >= 4 is 33.2 Å². The van der Waals surface area contributed by atoms with E-state index < -0.39 is 0 Å². The lowest BCUT2D eigenvalue weighted by atomic mass is 10.3. The van der Waals surface area contributed by atoms with Crippen LogP contribution in [0.1, 0.15) is 4.88 Å². The van der Waals surface area contributed by atoms with E-state index in [0.29, 0.717) is 0 Å². The Hall–Kier alpha value is -0.390. The summed E-state index contributed by atoms with van der Waals surface area (Å²) in [5.41, 5.74) is 0. The second kappa shape index (κ2) is 6.16. The van der Waals surface area contributed by atoms with Gasteiger partial charge in [0.25, 0.3) is 0 Å². The second-order valence-electron chi connectivity index (χ2n) is 2.71. The van der Waals surface area contributed by atoms with E-state index in [1.807, 2.05) is 6.07 Å². The largest absolute Gasteiger partial charge is 0.468 e. The molecule has 0 saturated heterocycles. The Labute approximate surface area is 95.6 Å². The van der Waals surface area contributed by atoms with Gasteiger partial charge in [0.15, 0.2) is 0 Å². The fraction of sp³-hybridized carbons (Fsp3) is 0.444. The smallest absolute Gasteiger partial charge is 0.319 e. The molecule has 0 amide bonds. The van der Waals surface area contributed by atoms with Gasteiger partial charge in [-0.1, -0.05) is 0 Å². The van der Waals surface area contributed by atoms with E-state index in [1.54, 1.807) is 11.3 Å². The van der Waals surface area contributed by atoms with Crippen LogP contribution in [-0.4, -0.2) is 26.2 Å². The fourth-order valence-corrected chi connectivity index (χ4v) is 2.44. The Morgan fingerprint density at radius 2 is 2.43 bits per heavy atom. The van der Waals surface area contributed by atoms with Crippen LogP contribution >= 0.6 is 27.3 Å². The van der Waals surface area contributed by atoms with Gasteiger partial charge in [-0.3, -0.25) is 4.79 Å². The topological polar surface area (TPSA) is 38.3 Å². The molecule has 0 aliphatic heterocycles. The van der Waals surface area contributed by atoms with Crippen LogP contribution in [0.15, 0.2) is 15.9 Å². The van der Waals surface area contributed by atoms with Crippen LogP contribution in [-0.2, 0) is 16.0 Å². The SMILES string of the molecule is COC(=O)CNCCc1ccc(Br)s1. The van der Waals surface area contributed by atoms with E-state index in [2.05, 4.69) is 32.0 Å². The highest BCUT2D eigenvalue weighted by molar-refractivity contribution is 9.11. The third kappa shape index (κ3) is 4.21. The molecule has 0 spiro atoms. The lowest BCUT2D eigenvalue weighted by Crippen LogP contribution is -2.25. The first-order valence-corrected chi connectivity index (χ1v) is 5.85. The molecule has 0 fully saturated rings. The van der Waals surface area contributed by atoms with Gasteiger partial charge in [0.2, 0.25) is 0 Å². The molecule has 1 rings (SSSR count). The Morgan fingerprint density at radius 1 is 1.64 bits per heavy atom. The summed E-state index contributed by atoms with van der Waals surface area (Å²) in [4.78, 5) is 12.0. The van der Waals surface area contributed by atoms with Crippen molar-refractivity contribution in [3.8, 4) is 0 Å². The Kier molecular flexibility index (Phi) is 5.14. The first kappa shape index (κ1) is 11.7. The monoisotopic (exact) mass is 277 g/mol. The quantitative estimate of drug-likeness (QED) is 0.659. The number of carbonyl (C=O) groups is 1. The molecule has 1 aromatic rings. The summed E-state index contributed by atoms with van der Waals surface area (Å²) >= 11 is 5.11. The number of methoxy groups -OCH3 is 1. The Balaban J connectivity index is 2.13. The van der Waals surface area contributed by atoms with Crippen molar-refractivity contribution in [1.82, 2.24) is 5.32 Å². The number of hydrogen-bond acceptors (Lipinski definition) is 4. The van der Waals surface area contributed by atoms with Crippen LogP contribution in [0.3, 0.4) is 0 Å². The maximum Gasteiger partial charge on any atom is 0.319 e. The van der Waals surface area contributed by atoms with E-state index in [9.17, 15) is 4.79 Å². The number of rotatable bonds is 5. The predicted molar refractivity (Wildman–Crippen MR) is 60.6 cm³/mol. The Morgan fingerprint density at radius 3 is 3.00 bits per heavy atom. The molecule has 14 heavy (non-hydrogen) atoms. The standard InChI is InChI=1S/C9H12BrNO2S/c1-13-9(12)6-11-5-4-7-2-3-8(10)14-7/h2-3,11H,4-6H2,1H3. The molecule has 0 bridgehead atoms. The van der Waals surface area contributed by atoms with Crippen LogP contribution in [0.4, 0.5) is 0 Å². The summed E-state index contributed by atoms with van der Waals surface area (Å²) in [5.74, 6) is -0.225. The van der Waals surface area contributed by atoms with E-state index in [-0.39, 0.29) is 12.5 Å². The number of ether oxygens (including phenoxy) is 1. The zero-order chi connectivity index (χ0) is 10.4. The van der Waals surface area contributed by atoms with Gasteiger partial charge in [-0.25, -0.2) is 0 Å². The molecule has 0 aliphatic rings. The normalized spacial score (nSPS) is 10.1. The van der Waals surface area contributed by atoms with E-state index in [0.717, 1.165) is 16.8 Å². The van der Waals surface area contributed by atoms with Crippen LogP contribution in [0.5, 0.6) is 0 Å². The molecular weight excluding hydrogens is 266 g/mol. The van der Waals surface area contributed by atoms with Crippen LogP contribution < -0.4 is 5.32 Å².